The van der Waals surface area contributed by atoms with Gasteiger partial charge in [-0.2, -0.15) is 13.2 Å². The van der Waals surface area contributed by atoms with E-state index in [0.29, 0.717) is 11.6 Å². The zero-order valence-corrected chi connectivity index (χ0v) is 10.2. The zero-order valence-electron chi connectivity index (χ0n) is 10.2. The maximum absolute atomic E-state index is 12.1. The van der Waals surface area contributed by atoms with E-state index in [2.05, 4.69) is 18.8 Å². The Morgan fingerprint density at radius 3 is 2.22 bits per heavy atom. The van der Waals surface area contributed by atoms with Crippen LogP contribution in [0.1, 0.15) is 25.3 Å². The van der Waals surface area contributed by atoms with Crippen LogP contribution in [0.4, 0.5) is 18.9 Å². The van der Waals surface area contributed by atoms with E-state index in [0.717, 1.165) is 17.9 Å². The van der Waals surface area contributed by atoms with Crippen molar-refractivity contribution >= 4 is 11.9 Å². The Kier molecular flexibility index (Phi) is 4.53. The molecule has 0 aliphatic carbocycles. The van der Waals surface area contributed by atoms with Gasteiger partial charge in [-0.3, -0.25) is 4.99 Å². The minimum Gasteiger partial charge on any atom is -0.395 e. The van der Waals surface area contributed by atoms with Crippen LogP contribution in [0.5, 0.6) is 0 Å². The molecule has 0 atom stereocenters. The second kappa shape index (κ2) is 5.71. The highest BCUT2D eigenvalue weighted by atomic mass is 19.4. The summed E-state index contributed by atoms with van der Waals surface area (Å²) in [4.78, 5) is 3.88. The summed E-state index contributed by atoms with van der Waals surface area (Å²) in [5.74, 6) is 0.406. The molecule has 0 saturated heterocycles. The molecule has 0 aliphatic rings. The van der Waals surface area contributed by atoms with Gasteiger partial charge in [0, 0.05) is 6.21 Å². The number of nitrogens with zero attached hydrogens (tertiary/aromatic N) is 1. The fourth-order valence-corrected chi connectivity index (χ4v) is 1.24. The first-order valence-electron chi connectivity index (χ1n) is 5.47. The van der Waals surface area contributed by atoms with Gasteiger partial charge in [-0.05, 0) is 29.7 Å². The summed E-state index contributed by atoms with van der Waals surface area (Å²) in [6.45, 7) is 4.12. The molecular formula is C13H15F3N2. The third-order valence-corrected chi connectivity index (χ3v) is 2.36. The molecule has 2 N–H and O–H groups in total. The van der Waals surface area contributed by atoms with Crippen LogP contribution in [-0.4, -0.2) is 12.4 Å². The highest BCUT2D eigenvalue weighted by Gasteiger charge is 2.30. The third kappa shape index (κ3) is 4.24. The van der Waals surface area contributed by atoms with Crippen molar-refractivity contribution in [3.8, 4) is 0 Å². The smallest absolute Gasteiger partial charge is 0.395 e. The molecule has 0 amide bonds. The Bertz CT molecular complexity index is 442. The second-order valence-corrected chi connectivity index (χ2v) is 4.14. The molecule has 0 aliphatic heterocycles. The van der Waals surface area contributed by atoms with Crippen molar-refractivity contribution in [3.05, 3.63) is 41.6 Å². The summed E-state index contributed by atoms with van der Waals surface area (Å²) < 4.78 is 36.2. The quantitative estimate of drug-likeness (QED) is 0.818. The second-order valence-electron chi connectivity index (χ2n) is 4.14. The van der Waals surface area contributed by atoms with E-state index in [1.807, 2.05) is 12.1 Å². The predicted octanol–water partition coefficient (Wildman–Crippen LogP) is 3.92. The van der Waals surface area contributed by atoms with Gasteiger partial charge in [-0.15, -0.1) is 0 Å². The molecule has 5 heteroatoms. The summed E-state index contributed by atoms with van der Waals surface area (Å²) in [6.07, 6.45) is -2.71. The fourth-order valence-electron chi connectivity index (χ4n) is 1.24. The Morgan fingerprint density at radius 2 is 1.78 bits per heavy atom. The molecule has 18 heavy (non-hydrogen) atoms. The van der Waals surface area contributed by atoms with Crippen LogP contribution in [0.2, 0.25) is 0 Å². The van der Waals surface area contributed by atoms with Gasteiger partial charge in [0.05, 0.1) is 5.69 Å². The maximum atomic E-state index is 12.1. The topological polar surface area (TPSA) is 38.4 Å². The SMILES string of the molecule is CC(C)c1ccc(N=C/C=C(\N)C(F)(F)F)cc1. The van der Waals surface area contributed by atoms with Gasteiger partial charge in [0.15, 0.2) is 0 Å². The molecule has 0 heterocycles. The standard InChI is InChI=1S/C13H15F3N2/c1-9(2)10-3-5-11(6-4-10)18-8-7-12(17)13(14,15)16/h3-9H,17H2,1-2H3/b12-7-,18-8?. The summed E-state index contributed by atoms with van der Waals surface area (Å²) in [5.41, 5.74) is 5.40. The summed E-state index contributed by atoms with van der Waals surface area (Å²) >= 11 is 0. The van der Waals surface area contributed by atoms with Gasteiger partial charge in [0.1, 0.15) is 5.70 Å². The third-order valence-electron chi connectivity index (χ3n) is 2.36. The molecule has 1 rings (SSSR count). The molecule has 98 valence electrons. The lowest BCUT2D eigenvalue weighted by atomic mass is 10.0. The molecule has 0 fully saturated rings. The van der Waals surface area contributed by atoms with Crippen molar-refractivity contribution in [1.82, 2.24) is 0 Å². The molecule has 0 aromatic heterocycles. The van der Waals surface area contributed by atoms with Crippen molar-refractivity contribution in [3.63, 3.8) is 0 Å². The number of rotatable bonds is 3. The van der Waals surface area contributed by atoms with Crippen LogP contribution in [0.25, 0.3) is 0 Å². The van der Waals surface area contributed by atoms with Crippen LogP contribution >= 0.6 is 0 Å². The number of benzene rings is 1. The Morgan fingerprint density at radius 1 is 1.22 bits per heavy atom. The fraction of sp³-hybridized carbons (Fsp3) is 0.308. The number of hydrogen-bond acceptors (Lipinski definition) is 2. The number of hydrogen-bond donors (Lipinski definition) is 1. The van der Waals surface area contributed by atoms with Gasteiger partial charge >= 0.3 is 6.18 Å². The Hall–Kier alpha value is -1.78. The molecule has 1 aromatic rings. The van der Waals surface area contributed by atoms with E-state index in [9.17, 15) is 13.2 Å². The largest absolute Gasteiger partial charge is 0.430 e. The Balaban J connectivity index is 2.74. The molecule has 0 saturated carbocycles. The minimum absolute atomic E-state index is 0.406. The number of halogens is 3. The van der Waals surface area contributed by atoms with E-state index in [1.54, 1.807) is 12.1 Å². The predicted molar refractivity (Wildman–Crippen MR) is 67.0 cm³/mol. The minimum atomic E-state index is -4.51. The summed E-state index contributed by atoms with van der Waals surface area (Å²) in [7, 11) is 0. The van der Waals surface area contributed by atoms with Crippen LogP contribution < -0.4 is 5.73 Å². The lowest BCUT2D eigenvalue weighted by Gasteiger charge is -2.04. The van der Waals surface area contributed by atoms with E-state index in [4.69, 9.17) is 5.73 Å². The number of allylic oxidation sites excluding steroid dienone is 2. The highest BCUT2D eigenvalue weighted by molar-refractivity contribution is 5.75. The average Bonchev–Trinajstić information content (AvgIpc) is 2.28. The lowest BCUT2D eigenvalue weighted by Crippen LogP contribution is -2.19. The van der Waals surface area contributed by atoms with E-state index >= 15 is 0 Å². The van der Waals surface area contributed by atoms with Crippen LogP contribution in [0, 0.1) is 0 Å². The number of nitrogens with two attached hydrogens (primary N) is 1. The summed E-state index contributed by atoms with van der Waals surface area (Å²) in [6, 6.07) is 7.30. The van der Waals surface area contributed by atoms with Crippen molar-refractivity contribution in [1.29, 1.82) is 0 Å². The van der Waals surface area contributed by atoms with Crippen LogP contribution in [0.15, 0.2) is 41.0 Å². The van der Waals surface area contributed by atoms with E-state index in [-0.39, 0.29) is 0 Å². The monoisotopic (exact) mass is 256 g/mol. The van der Waals surface area contributed by atoms with Crippen LogP contribution in [-0.2, 0) is 0 Å². The molecular weight excluding hydrogens is 241 g/mol. The normalized spacial score (nSPS) is 13.6. The van der Waals surface area contributed by atoms with Gasteiger partial charge in [-0.1, -0.05) is 26.0 Å². The molecule has 0 spiro atoms. The molecule has 0 bridgehead atoms. The highest BCUT2D eigenvalue weighted by Crippen LogP contribution is 2.21. The van der Waals surface area contributed by atoms with Crippen molar-refractivity contribution < 1.29 is 13.2 Å². The van der Waals surface area contributed by atoms with E-state index < -0.39 is 11.9 Å². The molecule has 2 nitrogen and oxygen atoms in total. The molecule has 0 radical (unpaired) electrons. The molecule has 0 unspecified atom stereocenters. The van der Waals surface area contributed by atoms with Crippen molar-refractivity contribution in [2.75, 3.05) is 0 Å². The lowest BCUT2D eigenvalue weighted by molar-refractivity contribution is -0.0925. The first-order chi connectivity index (χ1) is 8.30. The van der Waals surface area contributed by atoms with Gasteiger partial charge in [0.2, 0.25) is 0 Å². The van der Waals surface area contributed by atoms with Gasteiger partial charge < -0.3 is 5.73 Å². The molecule has 1 aromatic carbocycles. The number of aliphatic imine (C=N–C) groups is 1. The average molecular weight is 256 g/mol. The van der Waals surface area contributed by atoms with E-state index in [1.165, 1.54) is 0 Å². The first kappa shape index (κ1) is 14.3. The van der Waals surface area contributed by atoms with Crippen molar-refractivity contribution in [2.24, 2.45) is 10.7 Å². The zero-order chi connectivity index (χ0) is 13.8. The van der Waals surface area contributed by atoms with Crippen molar-refractivity contribution in [2.45, 2.75) is 25.9 Å². The van der Waals surface area contributed by atoms with Gasteiger partial charge in [-0.25, -0.2) is 0 Å². The number of alkyl halides is 3. The summed E-state index contributed by atoms with van der Waals surface area (Å²) in [5, 5.41) is 0. The maximum Gasteiger partial charge on any atom is 0.430 e. The Labute approximate surface area is 104 Å². The van der Waals surface area contributed by atoms with Crippen LogP contribution in [0.3, 0.4) is 0 Å². The van der Waals surface area contributed by atoms with Gasteiger partial charge in [0.25, 0.3) is 0 Å². The first-order valence-corrected chi connectivity index (χ1v) is 5.47.